The van der Waals surface area contributed by atoms with E-state index in [2.05, 4.69) is 27.1 Å². The van der Waals surface area contributed by atoms with Crippen molar-refractivity contribution in [2.45, 2.75) is 38.6 Å². The Morgan fingerprint density at radius 2 is 2.06 bits per heavy atom. The third kappa shape index (κ3) is 6.41. The summed E-state index contributed by atoms with van der Waals surface area (Å²) in [5, 5.41) is 11.9. The second kappa shape index (κ2) is 11.7. The van der Waals surface area contributed by atoms with E-state index in [0.717, 1.165) is 11.3 Å². The highest BCUT2D eigenvalue weighted by atomic mass is 32.2. The van der Waals surface area contributed by atoms with Crippen molar-refractivity contribution >= 4 is 40.1 Å². The number of anilines is 1. The molecule has 9 nitrogen and oxygen atoms in total. The fourth-order valence-electron chi connectivity index (χ4n) is 2.90. The lowest BCUT2D eigenvalue weighted by molar-refractivity contribution is -0.113. The van der Waals surface area contributed by atoms with E-state index < -0.39 is 12.1 Å². The molecule has 34 heavy (non-hydrogen) atoms. The van der Waals surface area contributed by atoms with E-state index in [1.54, 1.807) is 31.4 Å². The van der Waals surface area contributed by atoms with Crippen LogP contribution in [0.15, 0.2) is 42.1 Å². The second-order valence-electron chi connectivity index (χ2n) is 6.94. The van der Waals surface area contributed by atoms with Crippen LogP contribution in [0, 0.1) is 12.7 Å². The van der Waals surface area contributed by atoms with Crippen molar-refractivity contribution in [1.82, 2.24) is 19.7 Å². The molecule has 0 aliphatic rings. The molecule has 1 unspecified atom stereocenters. The van der Waals surface area contributed by atoms with E-state index >= 15 is 0 Å². The number of nitrogens with one attached hydrogen (secondary N) is 1. The summed E-state index contributed by atoms with van der Waals surface area (Å²) in [6.07, 6.45) is 1.22. The van der Waals surface area contributed by atoms with Crippen molar-refractivity contribution in [1.29, 1.82) is 0 Å². The number of carbonyl (C=O) groups excluding carboxylic acids is 2. The molecule has 0 saturated heterocycles. The molecular weight excluding hydrogens is 481 g/mol. The molecule has 0 saturated carbocycles. The number of hydrogen-bond donors (Lipinski definition) is 1. The Morgan fingerprint density at radius 1 is 1.32 bits per heavy atom. The van der Waals surface area contributed by atoms with Gasteiger partial charge in [0.2, 0.25) is 5.91 Å². The first-order valence-electron chi connectivity index (χ1n) is 10.4. The highest BCUT2D eigenvalue weighted by Crippen LogP contribution is 2.26. The normalized spacial score (nSPS) is 11.6. The molecule has 0 radical (unpaired) electrons. The molecule has 1 aromatic carbocycles. The molecule has 3 aromatic rings. The van der Waals surface area contributed by atoms with Crippen molar-refractivity contribution < 1.29 is 23.5 Å². The Hall–Kier alpha value is -3.25. The maximum Gasteiger partial charge on any atom is 0.350 e. The zero-order valence-electron chi connectivity index (χ0n) is 18.9. The SMILES string of the molecule is C=CCn1c(SCC(=O)Nc2nc(C)c(C(=O)OCC)s2)nnc1C(C)Oc1ccc(F)cc1. The number of benzene rings is 1. The van der Waals surface area contributed by atoms with Gasteiger partial charge in [0.05, 0.1) is 18.1 Å². The van der Waals surface area contributed by atoms with Crippen LogP contribution in [0.3, 0.4) is 0 Å². The first-order chi connectivity index (χ1) is 16.3. The van der Waals surface area contributed by atoms with Gasteiger partial charge in [0.15, 0.2) is 22.2 Å². The molecule has 2 heterocycles. The van der Waals surface area contributed by atoms with Gasteiger partial charge in [-0.3, -0.25) is 9.36 Å². The summed E-state index contributed by atoms with van der Waals surface area (Å²) in [5.74, 6) is -0.0282. The Kier molecular flexibility index (Phi) is 8.77. The fraction of sp³-hybridized carbons (Fsp3) is 0.318. The number of aromatic nitrogens is 4. The van der Waals surface area contributed by atoms with Crippen LogP contribution in [0.5, 0.6) is 5.75 Å². The topological polar surface area (TPSA) is 108 Å². The van der Waals surface area contributed by atoms with Crippen molar-refractivity contribution in [2.24, 2.45) is 0 Å². The van der Waals surface area contributed by atoms with E-state index in [4.69, 9.17) is 9.47 Å². The average Bonchev–Trinajstić information content (AvgIpc) is 3.37. The largest absolute Gasteiger partial charge is 0.483 e. The van der Waals surface area contributed by atoms with E-state index in [-0.39, 0.29) is 24.1 Å². The summed E-state index contributed by atoms with van der Waals surface area (Å²) in [5.41, 5.74) is 0.497. The van der Waals surface area contributed by atoms with Gasteiger partial charge in [-0.2, -0.15) is 0 Å². The standard InChI is InChI=1S/C22H24FN5O4S2/c1-5-11-28-19(14(4)32-16-9-7-15(23)8-10-16)26-27-22(28)33-12-17(29)25-21-24-13(3)18(34-21)20(30)31-6-2/h5,7-10,14H,1,6,11-12H2,2-4H3,(H,24,25,29). The number of halogens is 1. The van der Waals surface area contributed by atoms with Crippen molar-refractivity contribution in [3.8, 4) is 5.75 Å². The van der Waals surface area contributed by atoms with Crippen LogP contribution in [0.2, 0.25) is 0 Å². The monoisotopic (exact) mass is 505 g/mol. The van der Waals surface area contributed by atoms with Gasteiger partial charge >= 0.3 is 5.97 Å². The number of nitrogens with zero attached hydrogens (tertiary/aromatic N) is 4. The lowest BCUT2D eigenvalue weighted by Crippen LogP contribution is -2.15. The number of allylic oxidation sites excluding steroid dienone is 1. The number of amides is 1. The zero-order chi connectivity index (χ0) is 24.7. The van der Waals surface area contributed by atoms with Gasteiger partial charge in [0.1, 0.15) is 16.4 Å². The summed E-state index contributed by atoms with van der Waals surface area (Å²) >= 11 is 2.26. The van der Waals surface area contributed by atoms with Crippen molar-refractivity contribution in [3.05, 3.63) is 59.1 Å². The molecule has 0 fully saturated rings. The number of rotatable bonds is 11. The van der Waals surface area contributed by atoms with Gasteiger partial charge in [0, 0.05) is 6.54 Å². The minimum absolute atomic E-state index is 0.0514. The second-order valence-corrected chi connectivity index (χ2v) is 8.89. The Bertz CT molecular complexity index is 1160. The maximum atomic E-state index is 13.1. The Labute approximate surface area is 204 Å². The predicted molar refractivity (Wildman–Crippen MR) is 128 cm³/mol. The number of ether oxygens (including phenoxy) is 2. The molecule has 0 bridgehead atoms. The predicted octanol–water partition coefficient (Wildman–Crippen LogP) is 4.42. The number of thioether (sulfide) groups is 1. The molecule has 0 aliphatic carbocycles. The first kappa shape index (κ1) is 25.4. The van der Waals surface area contributed by atoms with Crippen LogP contribution in [0.4, 0.5) is 9.52 Å². The van der Waals surface area contributed by atoms with E-state index in [1.165, 1.54) is 36.0 Å². The molecule has 3 rings (SSSR count). The average molecular weight is 506 g/mol. The zero-order valence-corrected chi connectivity index (χ0v) is 20.5. The molecule has 12 heteroatoms. The first-order valence-corrected chi connectivity index (χ1v) is 12.2. The number of thiazole rings is 1. The van der Waals surface area contributed by atoms with Crippen LogP contribution in [-0.2, 0) is 16.1 Å². The maximum absolute atomic E-state index is 13.1. The number of hydrogen-bond acceptors (Lipinski definition) is 9. The number of aryl methyl sites for hydroxylation is 1. The molecule has 1 atom stereocenters. The highest BCUT2D eigenvalue weighted by molar-refractivity contribution is 7.99. The van der Waals surface area contributed by atoms with E-state index in [1.807, 2.05) is 0 Å². The minimum atomic E-state index is -0.472. The van der Waals surface area contributed by atoms with Crippen molar-refractivity contribution in [3.63, 3.8) is 0 Å². The Morgan fingerprint density at radius 3 is 2.74 bits per heavy atom. The van der Waals surface area contributed by atoms with Crippen LogP contribution in [0.25, 0.3) is 0 Å². The lowest BCUT2D eigenvalue weighted by Gasteiger charge is -2.15. The van der Waals surface area contributed by atoms with Crippen LogP contribution in [0.1, 0.15) is 41.1 Å². The third-order valence-corrected chi connectivity index (χ3v) is 6.40. The molecular formula is C22H24FN5O4S2. The van der Waals surface area contributed by atoms with E-state index in [0.29, 0.717) is 39.0 Å². The lowest BCUT2D eigenvalue weighted by atomic mass is 10.3. The highest BCUT2D eigenvalue weighted by Gasteiger charge is 2.21. The minimum Gasteiger partial charge on any atom is -0.483 e. The van der Waals surface area contributed by atoms with Gasteiger partial charge in [0.25, 0.3) is 0 Å². The number of carbonyl (C=O) groups is 2. The summed E-state index contributed by atoms with van der Waals surface area (Å²) in [6, 6.07) is 5.70. The third-order valence-electron chi connectivity index (χ3n) is 4.38. The summed E-state index contributed by atoms with van der Waals surface area (Å²) in [7, 11) is 0. The van der Waals surface area contributed by atoms with Gasteiger partial charge in [-0.05, 0) is 45.0 Å². The number of esters is 1. The molecule has 180 valence electrons. The van der Waals surface area contributed by atoms with Gasteiger partial charge in [-0.1, -0.05) is 29.2 Å². The summed E-state index contributed by atoms with van der Waals surface area (Å²) < 4.78 is 25.8. The van der Waals surface area contributed by atoms with Crippen LogP contribution < -0.4 is 10.1 Å². The fourth-order valence-corrected chi connectivity index (χ4v) is 4.53. The molecule has 0 aliphatic heterocycles. The van der Waals surface area contributed by atoms with E-state index in [9.17, 15) is 14.0 Å². The van der Waals surface area contributed by atoms with Gasteiger partial charge < -0.3 is 14.8 Å². The molecule has 0 spiro atoms. The van der Waals surface area contributed by atoms with Crippen LogP contribution in [-0.4, -0.2) is 44.0 Å². The van der Waals surface area contributed by atoms with Gasteiger partial charge in [-0.15, -0.1) is 16.8 Å². The molecule has 1 amide bonds. The quantitative estimate of drug-likeness (QED) is 0.232. The molecule has 1 N–H and O–H groups in total. The summed E-state index contributed by atoms with van der Waals surface area (Å²) in [6.45, 7) is 9.65. The van der Waals surface area contributed by atoms with Crippen LogP contribution >= 0.6 is 23.1 Å². The van der Waals surface area contributed by atoms with Gasteiger partial charge in [-0.25, -0.2) is 14.2 Å². The van der Waals surface area contributed by atoms with Crippen molar-refractivity contribution in [2.75, 3.05) is 17.7 Å². The Balaban J connectivity index is 1.64. The molecule has 2 aromatic heterocycles. The summed E-state index contributed by atoms with van der Waals surface area (Å²) in [4.78, 5) is 29.0. The smallest absolute Gasteiger partial charge is 0.350 e.